The molecule has 1 amide bonds. The maximum absolute atomic E-state index is 13.2. The number of benzene rings is 3. The molecular formula is C31H31ClN6O2S. The summed E-state index contributed by atoms with van der Waals surface area (Å²) in [5, 5.41) is 19.1. The third kappa shape index (κ3) is 7.04. The van der Waals surface area contributed by atoms with Crippen molar-refractivity contribution in [1.82, 2.24) is 29.9 Å². The molecule has 2 aromatic heterocycles. The van der Waals surface area contributed by atoms with E-state index in [1.165, 1.54) is 4.68 Å². The van der Waals surface area contributed by atoms with Gasteiger partial charge in [-0.25, -0.2) is 4.68 Å². The molecule has 0 aliphatic carbocycles. The van der Waals surface area contributed by atoms with Crippen molar-refractivity contribution in [2.45, 2.75) is 50.8 Å². The van der Waals surface area contributed by atoms with Crippen molar-refractivity contribution in [2.24, 2.45) is 5.92 Å². The summed E-state index contributed by atoms with van der Waals surface area (Å²) >= 11 is 7.89. The highest BCUT2D eigenvalue weighted by Crippen LogP contribution is 2.26. The molecule has 0 aliphatic heterocycles. The van der Waals surface area contributed by atoms with Crippen LogP contribution in [-0.4, -0.2) is 30.5 Å². The Bertz CT molecular complexity index is 1720. The fraction of sp³-hybridized carbons (Fsp3) is 0.258. The quantitative estimate of drug-likeness (QED) is 0.205. The Morgan fingerprint density at radius 3 is 2.41 bits per heavy atom. The molecule has 8 nitrogen and oxygen atoms in total. The Kier molecular flexibility index (Phi) is 9.16. The first-order valence-electron chi connectivity index (χ1n) is 13.5. The molecule has 5 rings (SSSR count). The highest BCUT2D eigenvalue weighted by atomic mass is 35.5. The molecule has 0 bridgehead atoms. The van der Waals surface area contributed by atoms with Gasteiger partial charge in [-0.2, -0.15) is 5.10 Å². The Hall–Kier alpha value is -3.95. The third-order valence-corrected chi connectivity index (χ3v) is 7.94. The molecule has 5 aromatic rings. The highest BCUT2D eigenvalue weighted by Gasteiger charge is 2.17. The number of halogens is 1. The number of hydrogen-bond donors (Lipinski definition) is 1. The number of thioether (sulfide) groups is 1. The van der Waals surface area contributed by atoms with Gasteiger partial charge in [0.25, 0.3) is 5.56 Å². The molecule has 0 unspecified atom stereocenters. The van der Waals surface area contributed by atoms with Gasteiger partial charge in [0.1, 0.15) is 6.54 Å². The van der Waals surface area contributed by atoms with E-state index in [1.807, 2.05) is 77.4 Å². The molecule has 41 heavy (non-hydrogen) atoms. The zero-order valence-electron chi connectivity index (χ0n) is 23.0. The predicted molar refractivity (Wildman–Crippen MR) is 163 cm³/mol. The number of amides is 1. The van der Waals surface area contributed by atoms with Crippen LogP contribution in [0.15, 0.2) is 88.8 Å². The van der Waals surface area contributed by atoms with E-state index in [4.69, 9.17) is 11.6 Å². The SMILES string of the molecule is CC(C)Cn1c(CNC(=O)Cn2nc(Cc3ccccc3)c3ccccc3c2=O)nnc1SCc1ccccc1Cl. The number of hydrogen-bond acceptors (Lipinski definition) is 6. The summed E-state index contributed by atoms with van der Waals surface area (Å²) in [5.74, 6) is 1.33. The van der Waals surface area contributed by atoms with Crippen molar-refractivity contribution in [3.63, 3.8) is 0 Å². The van der Waals surface area contributed by atoms with Crippen LogP contribution in [0.25, 0.3) is 10.8 Å². The van der Waals surface area contributed by atoms with E-state index in [9.17, 15) is 9.59 Å². The largest absolute Gasteiger partial charge is 0.347 e. The van der Waals surface area contributed by atoms with Crippen LogP contribution in [0.2, 0.25) is 5.02 Å². The lowest BCUT2D eigenvalue weighted by molar-refractivity contribution is -0.122. The van der Waals surface area contributed by atoms with E-state index in [0.29, 0.717) is 40.9 Å². The van der Waals surface area contributed by atoms with Crippen LogP contribution in [0.5, 0.6) is 0 Å². The number of rotatable bonds is 11. The Balaban J connectivity index is 1.31. The summed E-state index contributed by atoms with van der Waals surface area (Å²) in [5.41, 5.74) is 2.55. The number of nitrogens with one attached hydrogen (secondary N) is 1. The lowest BCUT2D eigenvalue weighted by Crippen LogP contribution is -2.34. The molecule has 0 fully saturated rings. The molecule has 0 aliphatic rings. The van der Waals surface area contributed by atoms with Crippen molar-refractivity contribution in [1.29, 1.82) is 0 Å². The first-order valence-corrected chi connectivity index (χ1v) is 14.8. The van der Waals surface area contributed by atoms with Crippen LogP contribution in [0.3, 0.4) is 0 Å². The maximum Gasteiger partial charge on any atom is 0.275 e. The van der Waals surface area contributed by atoms with Crippen LogP contribution in [-0.2, 0) is 36.6 Å². The number of aromatic nitrogens is 5. The van der Waals surface area contributed by atoms with Gasteiger partial charge in [0.05, 0.1) is 17.6 Å². The molecule has 210 valence electrons. The van der Waals surface area contributed by atoms with Crippen LogP contribution in [0.4, 0.5) is 0 Å². The number of carbonyl (C=O) groups is 1. The van der Waals surface area contributed by atoms with Crippen LogP contribution in [0.1, 0.15) is 36.5 Å². The van der Waals surface area contributed by atoms with Gasteiger partial charge in [0.15, 0.2) is 11.0 Å². The lowest BCUT2D eigenvalue weighted by Gasteiger charge is -2.14. The number of fused-ring (bicyclic) bond motifs is 1. The normalized spacial score (nSPS) is 11.3. The summed E-state index contributed by atoms with van der Waals surface area (Å²) < 4.78 is 3.28. The molecule has 10 heteroatoms. The maximum atomic E-state index is 13.2. The second-order valence-electron chi connectivity index (χ2n) is 10.2. The lowest BCUT2D eigenvalue weighted by atomic mass is 10.0. The van der Waals surface area contributed by atoms with Gasteiger partial charge in [-0.1, -0.05) is 104 Å². The number of carbonyl (C=O) groups excluding carboxylic acids is 1. The molecular weight excluding hydrogens is 556 g/mol. The van der Waals surface area contributed by atoms with Crippen molar-refractivity contribution >= 4 is 40.0 Å². The van der Waals surface area contributed by atoms with E-state index in [0.717, 1.165) is 27.4 Å². The van der Waals surface area contributed by atoms with Gasteiger partial charge < -0.3 is 9.88 Å². The molecule has 0 spiro atoms. The van der Waals surface area contributed by atoms with E-state index in [-0.39, 0.29) is 24.6 Å². The second kappa shape index (κ2) is 13.1. The fourth-order valence-electron chi connectivity index (χ4n) is 4.56. The predicted octanol–water partition coefficient (Wildman–Crippen LogP) is 5.50. The van der Waals surface area contributed by atoms with Crippen LogP contribution < -0.4 is 10.9 Å². The Labute approximate surface area is 247 Å². The van der Waals surface area contributed by atoms with Crippen LogP contribution in [0, 0.1) is 5.92 Å². The van der Waals surface area contributed by atoms with Crippen molar-refractivity contribution in [3.05, 3.63) is 117 Å². The van der Waals surface area contributed by atoms with Gasteiger partial charge in [-0.05, 0) is 29.2 Å². The van der Waals surface area contributed by atoms with Crippen molar-refractivity contribution < 1.29 is 4.79 Å². The Morgan fingerprint density at radius 2 is 1.66 bits per heavy atom. The minimum absolute atomic E-state index is 0.185. The van der Waals surface area contributed by atoms with E-state index in [1.54, 1.807) is 17.8 Å². The molecule has 0 saturated carbocycles. The van der Waals surface area contributed by atoms with Gasteiger partial charge in [-0.15, -0.1) is 10.2 Å². The smallest absolute Gasteiger partial charge is 0.275 e. The van der Waals surface area contributed by atoms with E-state index < -0.39 is 0 Å². The summed E-state index contributed by atoms with van der Waals surface area (Å²) in [7, 11) is 0. The summed E-state index contributed by atoms with van der Waals surface area (Å²) in [6.45, 7) is 4.94. The van der Waals surface area contributed by atoms with Crippen molar-refractivity contribution in [2.75, 3.05) is 0 Å². The number of nitrogens with zero attached hydrogens (tertiary/aromatic N) is 5. The van der Waals surface area contributed by atoms with Gasteiger partial charge in [0, 0.05) is 29.1 Å². The first kappa shape index (κ1) is 28.6. The minimum atomic E-state index is -0.329. The topological polar surface area (TPSA) is 94.7 Å². The van der Waals surface area contributed by atoms with Crippen LogP contribution >= 0.6 is 23.4 Å². The summed E-state index contributed by atoms with van der Waals surface area (Å²) in [4.78, 5) is 26.3. The standard InChI is InChI=1S/C31H31ClN6O2S/c1-21(2)18-37-28(34-35-31(37)41-20-23-12-6-9-15-26(23)32)17-33-29(39)19-38-30(40)25-14-8-7-13-24(25)27(36-38)16-22-10-4-3-5-11-22/h3-15,21H,16-20H2,1-2H3,(H,33,39). The molecule has 0 saturated heterocycles. The highest BCUT2D eigenvalue weighted by molar-refractivity contribution is 7.98. The molecule has 2 heterocycles. The first-order chi connectivity index (χ1) is 19.9. The van der Waals surface area contributed by atoms with E-state index >= 15 is 0 Å². The third-order valence-electron chi connectivity index (χ3n) is 6.55. The molecule has 3 aromatic carbocycles. The molecule has 0 atom stereocenters. The molecule has 0 radical (unpaired) electrons. The second-order valence-corrected chi connectivity index (χ2v) is 11.5. The van der Waals surface area contributed by atoms with Gasteiger partial charge >= 0.3 is 0 Å². The van der Waals surface area contributed by atoms with Gasteiger partial charge in [0.2, 0.25) is 5.91 Å². The fourth-order valence-corrected chi connectivity index (χ4v) is 5.82. The minimum Gasteiger partial charge on any atom is -0.347 e. The van der Waals surface area contributed by atoms with Gasteiger partial charge in [-0.3, -0.25) is 9.59 Å². The Morgan fingerprint density at radius 1 is 0.951 bits per heavy atom. The van der Waals surface area contributed by atoms with E-state index in [2.05, 4.69) is 34.5 Å². The zero-order chi connectivity index (χ0) is 28.8. The zero-order valence-corrected chi connectivity index (χ0v) is 24.5. The summed E-state index contributed by atoms with van der Waals surface area (Å²) in [6.07, 6.45) is 0.552. The average molecular weight is 587 g/mol. The van der Waals surface area contributed by atoms with Crippen molar-refractivity contribution in [3.8, 4) is 0 Å². The molecule has 1 N–H and O–H groups in total. The average Bonchev–Trinajstić information content (AvgIpc) is 3.35. The summed E-state index contributed by atoms with van der Waals surface area (Å²) in [6, 6.07) is 25.1. The monoisotopic (exact) mass is 586 g/mol.